The third kappa shape index (κ3) is 3.33. The van der Waals surface area contributed by atoms with Gasteiger partial charge in [-0.15, -0.1) is 0 Å². The molecule has 1 N–H and O–H groups in total. The molecule has 0 aliphatic carbocycles. The molecular formula is C16H16FNO4. The summed E-state index contributed by atoms with van der Waals surface area (Å²) in [6, 6.07) is 4.10. The topological polar surface area (TPSA) is 68.4 Å². The molecule has 0 aliphatic rings. The van der Waals surface area contributed by atoms with Crippen molar-refractivity contribution in [2.45, 2.75) is 13.8 Å². The summed E-state index contributed by atoms with van der Waals surface area (Å²) in [6.07, 6.45) is 2.68. The van der Waals surface area contributed by atoms with E-state index in [0.29, 0.717) is 16.5 Å². The Balaban J connectivity index is 2.50. The number of H-pyrrole nitrogens is 1. The summed E-state index contributed by atoms with van der Waals surface area (Å²) >= 11 is 0. The van der Waals surface area contributed by atoms with E-state index in [1.165, 1.54) is 30.4 Å². The van der Waals surface area contributed by atoms with Crippen molar-refractivity contribution < 1.29 is 23.5 Å². The van der Waals surface area contributed by atoms with Crippen molar-refractivity contribution in [2.75, 3.05) is 13.2 Å². The van der Waals surface area contributed by atoms with Crippen molar-refractivity contribution in [3.8, 4) is 0 Å². The maximum Gasteiger partial charge on any atom is 0.355 e. The summed E-state index contributed by atoms with van der Waals surface area (Å²) in [4.78, 5) is 26.3. The van der Waals surface area contributed by atoms with Gasteiger partial charge < -0.3 is 14.5 Å². The lowest BCUT2D eigenvalue weighted by atomic mass is 10.1. The molecule has 22 heavy (non-hydrogen) atoms. The fraction of sp³-hybridized carbons (Fsp3) is 0.250. The summed E-state index contributed by atoms with van der Waals surface area (Å²) in [6.45, 7) is 3.86. The van der Waals surface area contributed by atoms with Crippen LogP contribution in [-0.4, -0.2) is 30.1 Å². The van der Waals surface area contributed by atoms with Crippen LogP contribution in [0.15, 0.2) is 24.3 Å². The number of nitrogens with one attached hydrogen (secondary N) is 1. The Bertz CT molecular complexity index is 733. The Hall–Kier alpha value is -2.63. The highest BCUT2D eigenvalue weighted by atomic mass is 19.1. The van der Waals surface area contributed by atoms with Gasteiger partial charge in [0.2, 0.25) is 0 Å². The first-order chi connectivity index (χ1) is 10.6. The summed E-state index contributed by atoms with van der Waals surface area (Å²) < 4.78 is 23.1. The minimum Gasteiger partial charge on any atom is -0.463 e. The number of carbonyl (C=O) groups excluding carboxylic acids is 2. The number of ether oxygens (including phenoxy) is 2. The van der Waals surface area contributed by atoms with E-state index in [1.54, 1.807) is 13.8 Å². The van der Waals surface area contributed by atoms with E-state index in [0.717, 1.165) is 0 Å². The Labute approximate surface area is 126 Å². The van der Waals surface area contributed by atoms with Crippen molar-refractivity contribution >= 4 is 28.9 Å². The van der Waals surface area contributed by atoms with Crippen LogP contribution >= 0.6 is 0 Å². The monoisotopic (exact) mass is 305 g/mol. The fourth-order valence-electron chi connectivity index (χ4n) is 2.07. The zero-order valence-corrected chi connectivity index (χ0v) is 12.3. The molecule has 0 fully saturated rings. The van der Waals surface area contributed by atoms with Gasteiger partial charge in [0.15, 0.2) is 0 Å². The van der Waals surface area contributed by atoms with Gasteiger partial charge in [0.05, 0.1) is 13.2 Å². The van der Waals surface area contributed by atoms with E-state index in [1.807, 2.05) is 0 Å². The van der Waals surface area contributed by atoms with Crippen LogP contribution in [0.1, 0.15) is 29.9 Å². The van der Waals surface area contributed by atoms with Crippen molar-refractivity contribution in [1.29, 1.82) is 0 Å². The zero-order valence-electron chi connectivity index (χ0n) is 12.3. The van der Waals surface area contributed by atoms with Gasteiger partial charge in [-0.05, 0) is 38.1 Å². The molecule has 0 radical (unpaired) electrons. The maximum absolute atomic E-state index is 13.3. The number of aromatic nitrogens is 1. The molecule has 5 nitrogen and oxygen atoms in total. The van der Waals surface area contributed by atoms with Gasteiger partial charge in [-0.1, -0.05) is 0 Å². The van der Waals surface area contributed by atoms with Crippen LogP contribution in [-0.2, 0) is 14.3 Å². The SMILES string of the molecule is CCOC(=O)/C=C/c1c(C(=O)OCC)[nH]c2cc(F)ccc12. The largest absolute Gasteiger partial charge is 0.463 e. The van der Waals surface area contributed by atoms with E-state index in [-0.39, 0.29) is 18.9 Å². The van der Waals surface area contributed by atoms with Crippen molar-refractivity contribution in [3.63, 3.8) is 0 Å². The maximum atomic E-state index is 13.3. The number of hydrogen-bond donors (Lipinski definition) is 1. The Morgan fingerprint density at radius 1 is 1.23 bits per heavy atom. The van der Waals surface area contributed by atoms with Crippen LogP contribution < -0.4 is 0 Å². The molecule has 2 rings (SSSR count). The molecule has 0 unspecified atom stereocenters. The fourth-order valence-corrected chi connectivity index (χ4v) is 2.07. The minimum absolute atomic E-state index is 0.169. The van der Waals surface area contributed by atoms with Crippen LogP contribution in [0, 0.1) is 5.82 Å². The summed E-state index contributed by atoms with van der Waals surface area (Å²) in [5.74, 6) is -1.51. The number of fused-ring (bicyclic) bond motifs is 1. The molecule has 116 valence electrons. The van der Waals surface area contributed by atoms with E-state index in [2.05, 4.69) is 4.98 Å². The van der Waals surface area contributed by atoms with Gasteiger partial charge in [-0.2, -0.15) is 0 Å². The first-order valence-electron chi connectivity index (χ1n) is 6.90. The van der Waals surface area contributed by atoms with Crippen LogP contribution in [0.4, 0.5) is 4.39 Å². The number of carbonyl (C=O) groups is 2. The average Bonchev–Trinajstić information content (AvgIpc) is 2.83. The second-order valence-corrected chi connectivity index (χ2v) is 4.41. The van der Waals surface area contributed by atoms with Gasteiger partial charge in [0.1, 0.15) is 11.5 Å². The Morgan fingerprint density at radius 3 is 2.64 bits per heavy atom. The lowest BCUT2D eigenvalue weighted by Gasteiger charge is -2.01. The van der Waals surface area contributed by atoms with E-state index >= 15 is 0 Å². The van der Waals surface area contributed by atoms with E-state index in [9.17, 15) is 14.0 Å². The van der Waals surface area contributed by atoms with Crippen molar-refractivity contribution in [1.82, 2.24) is 4.98 Å². The Morgan fingerprint density at radius 2 is 1.95 bits per heavy atom. The van der Waals surface area contributed by atoms with Crippen LogP contribution in [0.25, 0.3) is 17.0 Å². The second kappa shape index (κ2) is 6.89. The van der Waals surface area contributed by atoms with Gasteiger partial charge in [-0.3, -0.25) is 0 Å². The first kappa shape index (κ1) is 15.8. The molecule has 0 bridgehead atoms. The summed E-state index contributed by atoms with van der Waals surface area (Å²) in [7, 11) is 0. The number of rotatable bonds is 5. The number of esters is 2. The van der Waals surface area contributed by atoms with Crippen LogP contribution in [0.5, 0.6) is 0 Å². The van der Waals surface area contributed by atoms with Gasteiger partial charge >= 0.3 is 11.9 Å². The van der Waals surface area contributed by atoms with E-state index in [4.69, 9.17) is 9.47 Å². The molecule has 0 spiro atoms. The van der Waals surface area contributed by atoms with Gasteiger partial charge in [0.25, 0.3) is 0 Å². The van der Waals surface area contributed by atoms with Gasteiger partial charge in [-0.25, -0.2) is 14.0 Å². The third-order valence-electron chi connectivity index (χ3n) is 2.95. The molecule has 0 atom stereocenters. The summed E-state index contributed by atoms with van der Waals surface area (Å²) in [5.41, 5.74) is 1.08. The highest BCUT2D eigenvalue weighted by Gasteiger charge is 2.17. The molecule has 0 saturated heterocycles. The highest BCUT2D eigenvalue weighted by molar-refractivity contribution is 6.04. The molecule has 0 amide bonds. The predicted molar refractivity (Wildman–Crippen MR) is 79.9 cm³/mol. The highest BCUT2D eigenvalue weighted by Crippen LogP contribution is 2.25. The lowest BCUT2D eigenvalue weighted by Crippen LogP contribution is -2.06. The van der Waals surface area contributed by atoms with Crippen LogP contribution in [0.2, 0.25) is 0 Å². The van der Waals surface area contributed by atoms with Crippen LogP contribution in [0.3, 0.4) is 0 Å². The first-order valence-corrected chi connectivity index (χ1v) is 6.90. The number of hydrogen-bond acceptors (Lipinski definition) is 4. The smallest absolute Gasteiger partial charge is 0.355 e. The molecule has 1 aromatic carbocycles. The molecule has 6 heteroatoms. The zero-order chi connectivity index (χ0) is 16.1. The Kier molecular flexibility index (Phi) is 4.93. The molecular weight excluding hydrogens is 289 g/mol. The number of halogens is 1. The molecule has 1 heterocycles. The molecule has 1 aromatic heterocycles. The standard InChI is InChI=1S/C16H16FNO4/c1-3-21-14(19)8-7-12-11-6-5-10(17)9-13(11)18-15(12)16(20)22-4-2/h5-9,18H,3-4H2,1-2H3/b8-7+. The average molecular weight is 305 g/mol. The summed E-state index contributed by atoms with van der Waals surface area (Å²) in [5, 5.41) is 0.616. The quantitative estimate of drug-likeness (QED) is 0.681. The number of benzene rings is 1. The minimum atomic E-state index is -0.567. The molecule has 0 saturated carbocycles. The molecule has 0 aliphatic heterocycles. The van der Waals surface area contributed by atoms with Crippen molar-refractivity contribution in [2.24, 2.45) is 0 Å². The normalized spacial score (nSPS) is 11.0. The van der Waals surface area contributed by atoms with E-state index < -0.39 is 17.8 Å². The number of aromatic amines is 1. The predicted octanol–water partition coefficient (Wildman–Crippen LogP) is 3.06. The second-order valence-electron chi connectivity index (χ2n) is 4.41. The lowest BCUT2D eigenvalue weighted by molar-refractivity contribution is -0.137. The van der Waals surface area contributed by atoms with Crippen molar-refractivity contribution in [3.05, 3.63) is 41.3 Å². The van der Waals surface area contributed by atoms with Gasteiger partial charge in [0, 0.05) is 22.5 Å². The molecule has 2 aromatic rings. The third-order valence-corrected chi connectivity index (χ3v) is 2.95.